The van der Waals surface area contributed by atoms with Crippen molar-refractivity contribution < 1.29 is 37.3 Å². The van der Waals surface area contributed by atoms with E-state index in [1.807, 2.05) is 18.2 Å². The highest BCUT2D eigenvalue weighted by Crippen LogP contribution is 2.42. The van der Waals surface area contributed by atoms with E-state index < -0.39 is 39.8 Å². The molecule has 11 nitrogen and oxygen atoms in total. The van der Waals surface area contributed by atoms with E-state index in [9.17, 15) is 23.1 Å². The normalized spacial score (nSPS) is 26.9. The molecule has 1 saturated carbocycles. The largest absolute Gasteiger partial charge is 0.487 e. The van der Waals surface area contributed by atoms with Crippen molar-refractivity contribution in [3.05, 3.63) is 64.7 Å². The number of carbonyl (C=O) groups is 2. The molecule has 3 atom stereocenters. The zero-order valence-electron chi connectivity index (χ0n) is 26.7. The second-order valence-electron chi connectivity index (χ2n) is 13.3. The second-order valence-corrected chi connectivity index (χ2v) is 15.4. The molecule has 13 heteroatoms. The lowest BCUT2D eigenvalue weighted by Crippen LogP contribution is -2.55. The predicted octanol–water partition coefficient (Wildman–Crippen LogP) is 4.44. The monoisotopic (exact) mass is 687 g/mol. The van der Waals surface area contributed by atoms with Crippen LogP contribution in [0.2, 0.25) is 5.02 Å². The third-order valence-electron chi connectivity index (χ3n) is 9.61. The summed E-state index contributed by atoms with van der Waals surface area (Å²) < 4.78 is 47.5. The number of aliphatic hydroxyl groups excluding tert-OH is 1. The molecule has 4 aliphatic rings. The van der Waals surface area contributed by atoms with E-state index in [1.165, 1.54) is 24.8 Å². The summed E-state index contributed by atoms with van der Waals surface area (Å²) in [6.45, 7) is 4.98. The average Bonchev–Trinajstić information content (AvgIpc) is 3.02. The fraction of sp³-hybridized carbons (Fsp3) is 0.529. The lowest BCUT2D eigenvalue weighted by molar-refractivity contribution is -0.139. The van der Waals surface area contributed by atoms with Crippen molar-refractivity contribution in [2.24, 2.45) is 11.8 Å². The highest BCUT2D eigenvalue weighted by Gasteiger charge is 2.41. The van der Waals surface area contributed by atoms with Gasteiger partial charge in [0.25, 0.3) is 15.9 Å². The first kappa shape index (κ1) is 33.6. The number of nitrogens with one attached hydrogen (secondary N) is 1. The Morgan fingerprint density at radius 1 is 1.09 bits per heavy atom. The Kier molecular flexibility index (Phi) is 9.76. The molecule has 1 saturated heterocycles. The predicted molar refractivity (Wildman–Crippen MR) is 176 cm³/mol. The topological polar surface area (TPSA) is 135 Å². The molecule has 2 aromatic rings. The van der Waals surface area contributed by atoms with Gasteiger partial charge in [0.2, 0.25) is 0 Å². The number of carbonyl (C=O) groups excluding carboxylic acids is 2. The molecule has 3 heterocycles. The third-order valence-corrected chi connectivity index (χ3v) is 11.2. The molecule has 3 aliphatic heterocycles. The minimum atomic E-state index is -4.25. The standard InChI is InChI=1S/C34H42ClN3O8S/c1-34(2)32(40)36-47(42,43)27-11-13-31-29(17-27)37(14-4-3-6-22-16-25(35)10-8-24(22)21-44-31)18-23-9-12-28(23)30(7-5-15-45-34)46-33(41)38-19-26(39)20-38/h5,7-8,10-11,13,16-17,23,26,28,30,39H,3-4,6,9,12,14-15,18-21H2,1-2H3,(H,36,40)/b7-5+/t23-,28+,30-/m0/s1. The number of fused-ring (bicyclic) bond motifs is 3. The van der Waals surface area contributed by atoms with Gasteiger partial charge >= 0.3 is 6.09 Å². The van der Waals surface area contributed by atoms with Crippen LogP contribution in [0.5, 0.6) is 5.75 Å². The van der Waals surface area contributed by atoms with Crippen molar-refractivity contribution in [1.29, 1.82) is 0 Å². The number of ether oxygens (including phenoxy) is 3. The van der Waals surface area contributed by atoms with Gasteiger partial charge in [0.05, 0.1) is 36.4 Å². The molecule has 2 N–H and O–H groups in total. The Bertz CT molecular complexity index is 1640. The molecule has 2 bridgehead atoms. The lowest BCUT2D eigenvalue weighted by Gasteiger charge is -2.44. The van der Waals surface area contributed by atoms with Crippen LogP contribution in [-0.4, -0.2) is 81.0 Å². The van der Waals surface area contributed by atoms with Crippen LogP contribution in [0.3, 0.4) is 0 Å². The summed E-state index contributed by atoms with van der Waals surface area (Å²) in [4.78, 5) is 29.7. The molecular weight excluding hydrogens is 646 g/mol. The van der Waals surface area contributed by atoms with Gasteiger partial charge in [0.15, 0.2) is 0 Å². The molecule has 2 aromatic carbocycles. The fourth-order valence-electron chi connectivity index (χ4n) is 6.50. The number of β-amino-alcohol motifs (C(OH)–C–C–N with tert-alkyl or cyclic N) is 1. The van der Waals surface area contributed by atoms with Crippen LogP contribution in [0.15, 0.2) is 53.4 Å². The Labute approximate surface area is 280 Å². The number of benzene rings is 2. The van der Waals surface area contributed by atoms with Crippen LogP contribution in [0.1, 0.15) is 50.7 Å². The van der Waals surface area contributed by atoms with Gasteiger partial charge in [-0.15, -0.1) is 0 Å². The van der Waals surface area contributed by atoms with Crippen molar-refractivity contribution in [3.63, 3.8) is 0 Å². The fourth-order valence-corrected chi connectivity index (χ4v) is 7.82. The zero-order chi connectivity index (χ0) is 33.3. The summed E-state index contributed by atoms with van der Waals surface area (Å²) in [6.07, 6.45) is 6.23. The second kappa shape index (κ2) is 13.7. The molecule has 2 fully saturated rings. The van der Waals surface area contributed by atoms with Gasteiger partial charge in [-0.1, -0.05) is 23.7 Å². The van der Waals surface area contributed by atoms with E-state index >= 15 is 0 Å². The van der Waals surface area contributed by atoms with E-state index in [1.54, 1.807) is 24.3 Å². The van der Waals surface area contributed by atoms with E-state index in [-0.39, 0.29) is 43.0 Å². The molecule has 0 radical (unpaired) electrons. The van der Waals surface area contributed by atoms with Gasteiger partial charge in [-0.2, -0.15) is 0 Å². The van der Waals surface area contributed by atoms with Crippen LogP contribution in [-0.2, 0) is 37.3 Å². The Morgan fingerprint density at radius 2 is 1.89 bits per heavy atom. The number of hydrogen-bond acceptors (Lipinski definition) is 9. The average molecular weight is 688 g/mol. The molecule has 254 valence electrons. The molecule has 47 heavy (non-hydrogen) atoms. The SMILES string of the molecule is CC1(C)OC/C=C/[C@H](OC(=O)N2CC(O)C2)[C@@H]2CC[C@H]2CN2CCCCc3cc(Cl)ccc3COc3ccc(cc32)S(=O)(=O)NC1=O. The highest BCUT2D eigenvalue weighted by atomic mass is 35.5. The molecule has 0 unspecified atom stereocenters. The van der Waals surface area contributed by atoms with Crippen LogP contribution in [0, 0.1) is 11.8 Å². The molecule has 0 aromatic heterocycles. The number of aliphatic hydroxyl groups is 1. The number of anilines is 1. The Morgan fingerprint density at radius 3 is 2.64 bits per heavy atom. The number of aryl methyl sites for hydroxylation is 1. The summed E-state index contributed by atoms with van der Waals surface area (Å²) in [5.74, 6) is -0.140. The number of hydrogen-bond donors (Lipinski definition) is 2. The van der Waals surface area contributed by atoms with E-state index in [4.69, 9.17) is 25.8 Å². The minimum Gasteiger partial charge on any atom is -0.487 e. The molecular formula is C34H42ClN3O8S. The van der Waals surface area contributed by atoms with Crippen molar-refractivity contribution in [1.82, 2.24) is 9.62 Å². The highest BCUT2D eigenvalue weighted by molar-refractivity contribution is 7.90. The third kappa shape index (κ3) is 7.56. The van der Waals surface area contributed by atoms with Crippen LogP contribution in [0.25, 0.3) is 0 Å². The summed E-state index contributed by atoms with van der Waals surface area (Å²) in [6, 6.07) is 10.4. The van der Waals surface area contributed by atoms with Gasteiger partial charge in [0, 0.05) is 24.0 Å². The summed E-state index contributed by atoms with van der Waals surface area (Å²) >= 11 is 6.32. The lowest BCUT2D eigenvalue weighted by atomic mass is 9.70. The quantitative estimate of drug-likeness (QED) is 0.418. The van der Waals surface area contributed by atoms with Crippen molar-refractivity contribution in [2.75, 3.05) is 37.7 Å². The maximum Gasteiger partial charge on any atom is 0.410 e. The Hall–Kier alpha value is -3.32. The van der Waals surface area contributed by atoms with E-state index in [0.717, 1.165) is 43.2 Å². The number of amides is 2. The van der Waals surface area contributed by atoms with Crippen molar-refractivity contribution in [2.45, 2.75) is 75.3 Å². The molecule has 1 aliphatic carbocycles. The van der Waals surface area contributed by atoms with Crippen molar-refractivity contribution >= 4 is 39.3 Å². The summed E-state index contributed by atoms with van der Waals surface area (Å²) in [5, 5.41) is 10.4. The zero-order valence-corrected chi connectivity index (χ0v) is 28.3. The minimum absolute atomic E-state index is 0.00421. The number of halogens is 1. The first-order chi connectivity index (χ1) is 22.4. The molecule has 2 amide bonds. The van der Waals surface area contributed by atoms with Gasteiger partial charge in [-0.3, -0.25) is 4.79 Å². The number of likely N-dealkylation sites (tertiary alicyclic amines) is 1. The number of rotatable bonds is 1. The van der Waals surface area contributed by atoms with Crippen molar-refractivity contribution in [3.8, 4) is 5.75 Å². The summed E-state index contributed by atoms with van der Waals surface area (Å²) in [7, 11) is -4.25. The van der Waals surface area contributed by atoms with E-state index in [0.29, 0.717) is 29.5 Å². The van der Waals surface area contributed by atoms with Crippen LogP contribution < -0.4 is 14.4 Å². The van der Waals surface area contributed by atoms with Gasteiger partial charge in [-0.05, 0) is 99.4 Å². The van der Waals surface area contributed by atoms with Gasteiger partial charge in [0.1, 0.15) is 24.1 Å². The van der Waals surface area contributed by atoms with Gasteiger partial charge < -0.3 is 29.1 Å². The maximum atomic E-state index is 13.5. The van der Waals surface area contributed by atoms with Gasteiger partial charge in [-0.25, -0.2) is 17.9 Å². The van der Waals surface area contributed by atoms with Crippen LogP contribution >= 0.6 is 11.6 Å². The Balaban J connectivity index is 1.36. The first-order valence-electron chi connectivity index (χ1n) is 16.2. The first-order valence-corrected chi connectivity index (χ1v) is 18.1. The smallest absolute Gasteiger partial charge is 0.410 e. The van der Waals surface area contributed by atoms with E-state index in [2.05, 4.69) is 9.62 Å². The maximum absolute atomic E-state index is 13.5. The van der Waals surface area contributed by atoms with Crippen LogP contribution in [0.4, 0.5) is 10.5 Å². The molecule has 0 spiro atoms. The number of sulfonamides is 1. The number of nitrogens with zero attached hydrogens (tertiary/aromatic N) is 2. The molecule has 6 rings (SSSR count). The summed E-state index contributed by atoms with van der Waals surface area (Å²) in [5.41, 5.74) is 1.27.